The molecule has 7 nitrogen and oxygen atoms in total. The molecule has 7 heteroatoms. The lowest BCUT2D eigenvalue weighted by Crippen LogP contribution is -2.16. The van der Waals surface area contributed by atoms with E-state index in [0.717, 1.165) is 24.2 Å². The fourth-order valence-electron chi connectivity index (χ4n) is 1.41. The van der Waals surface area contributed by atoms with Crippen LogP contribution in [-0.4, -0.2) is 46.0 Å². The van der Waals surface area contributed by atoms with Crippen LogP contribution in [0.4, 0.5) is 5.95 Å². The van der Waals surface area contributed by atoms with Gasteiger partial charge in [-0.3, -0.25) is 0 Å². The number of rotatable bonds is 8. The highest BCUT2D eigenvalue weighted by molar-refractivity contribution is 5.67. The molecule has 0 radical (unpaired) electrons. The van der Waals surface area contributed by atoms with Gasteiger partial charge in [-0.1, -0.05) is 13.8 Å². The quantitative estimate of drug-likeness (QED) is 0.652. The molecule has 0 unspecified atom stereocenters. The van der Waals surface area contributed by atoms with Gasteiger partial charge in [0.15, 0.2) is 0 Å². The second-order valence-corrected chi connectivity index (χ2v) is 3.61. The van der Waals surface area contributed by atoms with Crippen LogP contribution in [0.15, 0.2) is 0 Å². The minimum Gasteiger partial charge on any atom is -0.480 e. The van der Waals surface area contributed by atoms with Crippen molar-refractivity contribution in [1.29, 1.82) is 0 Å². The molecule has 0 aliphatic heterocycles. The molecular formula is C11H18N4O3. The number of carboxylic acid groups (broad SMARTS) is 1. The van der Waals surface area contributed by atoms with Crippen molar-refractivity contribution in [2.75, 3.05) is 25.1 Å². The number of ether oxygens (including phenoxy) is 1. The highest BCUT2D eigenvalue weighted by atomic mass is 16.5. The summed E-state index contributed by atoms with van der Waals surface area (Å²) in [5, 5.41) is 19.3. The molecule has 0 atom stereocenters. The van der Waals surface area contributed by atoms with Gasteiger partial charge in [0.1, 0.15) is 6.61 Å². The molecule has 1 aromatic heterocycles. The van der Waals surface area contributed by atoms with Gasteiger partial charge >= 0.3 is 5.97 Å². The first-order chi connectivity index (χ1) is 8.67. The van der Waals surface area contributed by atoms with Crippen LogP contribution in [0.5, 0.6) is 0 Å². The number of aliphatic carboxylic acids is 1. The summed E-state index contributed by atoms with van der Waals surface area (Å²) in [6.07, 6.45) is 1.62. The summed E-state index contributed by atoms with van der Waals surface area (Å²) in [5.41, 5.74) is 1.84. The molecule has 100 valence electrons. The second kappa shape index (κ2) is 7.54. The van der Waals surface area contributed by atoms with Gasteiger partial charge in [0, 0.05) is 6.54 Å². The summed E-state index contributed by atoms with van der Waals surface area (Å²) in [6.45, 7) is 4.46. The average Bonchev–Trinajstić information content (AvgIpc) is 2.37. The largest absolute Gasteiger partial charge is 0.480 e. The number of hydrogen-bond acceptors (Lipinski definition) is 6. The van der Waals surface area contributed by atoms with Crippen molar-refractivity contribution in [3.8, 4) is 0 Å². The maximum absolute atomic E-state index is 10.2. The number of aromatic nitrogens is 3. The zero-order valence-corrected chi connectivity index (χ0v) is 10.6. The lowest BCUT2D eigenvalue weighted by atomic mass is 10.2. The predicted octanol–water partition coefficient (Wildman–Crippen LogP) is 0.509. The number of anilines is 1. The highest BCUT2D eigenvalue weighted by Crippen LogP contribution is 2.06. The van der Waals surface area contributed by atoms with Crippen molar-refractivity contribution in [3.05, 3.63) is 11.4 Å². The fraction of sp³-hybridized carbons (Fsp3) is 0.636. The zero-order chi connectivity index (χ0) is 13.4. The molecule has 0 aromatic carbocycles. The molecule has 0 amide bonds. The molecule has 1 rings (SSSR count). The molecule has 0 aliphatic rings. The van der Waals surface area contributed by atoms with Gasteiger partial charge in [-0.05, 0) is 12.8 Å². The molecule has 0 saturated carbocycles. The number of hydrogen-bond donors (Lipinski definition) is 2. The Bertz CT molecular complexity index is 398. The molecule has 0 fully saturated rings. The highest BCUT2D eigenvalue weighted by Gasteiger charge is 2.05. The molecule has 0 saturated heterocycles. The van der Waals surface area contributed by atoms with Gasteiger partial charge in [-0.2, -0.15) is 5.10 Å². The van der Waals surface area contributed by atoms with Crippen molar-refractivity contribution in [2.24, 2.45) is 0 Å². The third-order valence-electron chi connectivity index (χ3n) is 2.26. The van der Waals surface area contributed by atoms with Crippen molar-refractivity contribution < 1.29 is 14.6 Å². The van der Waals surface area contributed by atoms with E-state index in [1.807, 2.05) is 13.8 Å². The Morgan fingerprint density at radius 2 is 2.00 bits per heavy atom. The van der Waals surface area contributed by atoms with E-state index in [1.54, 1.807) is 0 Å². The van der Waals surface area contributed by atoms with E-state index in [4.69, 9.17) is 9.84 Å². The van der Waals surface area contributed by atoms with E-state index in [1.165, 1.54) is 0 Å². The van der Waals surface area contributed by atoms with E-state index < -0.39 is 5.97 Å². The van der Waals surface area contributed by atoms with Crippen LogP contribution in [-0.2, 0) is 22.4 Å². The topological polar surface area (TPSA) is 97.2 Å². The van der Waals surface area contributed by atoms with Gasteiger partial charge in [-0.15, -0.1) is 5.10 Å². The first kappa shape index (κ1) is 14.3. The van der Waals surface area contributed by atoms with Crippen LogP contribution in [0.2, 0.25) is 0 Å². The lowest BCUT2D eigenvalue weighted by Gasteiger charge is -2.07. The van der Waals surface area contributed by atoms with Crippen LogP contribution in [0, 0.1) is 0 Å². The first-order valence-corrected chi connectivity index (χ1v) is 5.93. The second-order valence-electron chi connectivity index (χ2n) is 3.61. The predicted molar refractivity (Wildman–Crippen MR) is 65.5 cm³/mol. The Morgan fingerprint density at radius 3 is 2.61 bits per heavy atom. The maximum atomic E-state index is 10.2. The minimum absolute atomic E-state index is 0.284. The summed E-state index contributed by atoms with van der Waals surface area (Å²) >= 11 is 0. The molecule has 1 heterocycles. The van der Waals surface area contributed by atoms with E-state index in [-0.39, 0.29) is 13.2 Å². The van der Waals surface area contributed by atoms with E-state index in [9.17, 15) is 4.79 Å². The molecule has 0 aliphatic carbocycles. The lowest BCUT2D eigenvalue weighted by molar-refractivity contribution is -0.142. The Morgan fingerprint density at radius 1 is 1.28 bits per heavy atom. The van der Waals surface area contributed by atoms with E-state index >= 15 is 0 Å². The summed E-state index contributed by atoms with van der Waals surface area (Å²) in [7, 11) is 0. The first-order valence-electron chi connectivity index (χ1n) is 5.93. The van der Waals surface area contributed by atoms with E-state index in [0.29, 0.717) is 12.5 Å². The normalized spacial score (nSPS) is 10.3. The number of nitrogens with one attached hydrogen (secondary N) is 1. The summed E-state index contributed by atoms with van der Waals surface area (Å²) in [6, 6.07) is 0. The molecule has 1 aromatic rings. The van der Waals surface area contributed by atoms with Crippen LogP contribution < -0.4 is 5.32 Å². The standard InChI is InChI=1S/C11H18N4O3/c1-3-8-9(4-2)14-15-11(13-8)12-5-6-18-7-10(16)17/h3-7H2,1-2H3,(H,16,17)(H,12,13,15). The summed E-state index contributed by atoms with van der Waals surface area (Å²) < 4.78 is 4.88. The molecule has 2 N–H and O–H groups in total. The Balaban J connectivity index is 2.40. The van der Waals surface area contributed by atoms with E-state index in [2.05, 4.69) is 20.5 Å². The third kappa shape index (κ3) is 4.62. The van der Waals surface area contributed by atoms with Gasteiger partial charge in [-0.25, -0.2) is 9.78 Å². The minimum atomic E-state index is -0.978. The number of nitrogens with zero attached hydrogens (tertiary/aromatic N) is 3. The molecule has 0 bridgehead atoms. The Hall–Kier alpha value is -1.76. The Labute approximate surface area is 106 Å². The number of carbonyl (C=O) groups is 1. The van der Waals surface area contributed by atoms with Crippen molar-refractivity contribution >= 4 is 11.9 Å². The van der Waals surface area contributed by atoms with Crippen LogP contribution in [0.3, 0.4) is 0 Å². The van der Waals surface area contributed by atoms with Gasteiger partial charge in [0.25, 0.3) is 0 Å². The number of aryl methyl sites for hydroxylation is 2. The van der Waals surface area contributed by atoms with Crippen molar-refractivity contribution in [1.82, 2.24) is 15.2 Å². The third-order valence-corrected chi connectivity index (χ3v) is 2.26. The zero-order valence-electron chi connectivity index (χ0n) is 10.6. The summed E-state index contributed by atoms with van der Waals surface area (Å²) in [5.74, 6) is -0.531. The monoisotopic (exact) mass is 254 g/mol. The Kier molecular flexibility index (Phi) is 5.99. The van der Waals surface area contributed by atoms with Gasteiger partial charge in [0.05, 0.1) is 18.0 Å². The van der Waals surface area contributed by atoms with Crippen molar-refractivity contribution in [3.63, 3.8) is 0 Å². The maximum Gasteiger partial charge on any atom is 0.329 e. The van der Waals surface area contributed by atoms with Crippen LogP contribution in [0.25, 0.3) is 0 Å². The van der Waals surface area contributed by atoms with Crippen molar-refractivity contribution in [2.45, 2.75) is 26.7 Å². The smallest absolute Gasteiger partial charge is 0.329 e. The van der Waals surface area contributed by atoms with Crippen LogP contribution in [0.1, 0.15) is 25.2 Å². The van der Waals surface area contributed by atoms with Gasteiger partial charge in [0.2, 0.25) is 5.95 Å². The molecule has 0 spiro atoms. The fourth-order valence-corrected chi connectivity index (χ4v) is 1.41. The number of carboxylic acids is 1. The van der Waals surface area contributed by atoms with Crippen LogP contribution >= 0.6 is 0 Å². The SMILES string of the molecule is CCc1nnc(NCCOCC(=O)O)nc1CC. The van der Waals surface area contributed by atoms with Gasteiger partial charge < -0.3 is 15.2 Å². The average molecular weight is 254 g/mol. The molecular weight excluding hydrogens is 236 g/mol. The summed E-state index contributed by atoms with van der Waals surface area (Å²) in [4.78, 5) is 14.5. The molecule has 18 heavy (non-hydrogen) atoms.